The molecule has 0 bridgehead atoms. The minimum atomic E-state index is -0.509. The summed E-state index contributed by atoms with van der Waals surface area (Å²) >= 11 is 1.16. The van der Waals surface area contributed by atoms with Crippen molar-refractivity contribution in [1.82, 2.24) is 9.38 Å². The topological polar surface area (TPSA) is 63.5 Å². The molecule has 0 aliphatic heterocycles. The Morgan fingerprint density at radius 2 is 1.78 bits per heavy atom. The van der Waals surface area contributed by atoms with Crippen molar-refractivity contribution in [2.75, 3.05) is 5.32 Å². The average Bonchev–Trinajstić information content (AvgIpc) is 3.24. The van der Waals surface area contributed by atoms with Crippen molar-refractivity contribution >= 4 is 33.7 Å². The Labute approximate surface area is 158 Å². The van der Waals surface area contributed by atoms with Crippen LogP contribution in [0.25, 0.3) is 4.96 Å². The molecular weight excluding hydrogens is 365 g/mol. The summed E-state index contributed by atoms with van der Waals surface area (Å²) in [7, 11) is 0. The highest BCUT2D eigenvalue weighted by atomic mass is 32.1. The van der Waals surface area contributed by atoms with E-state index in [1.54, 1.807) is 47.7 Å². The number of anilines is 1. The van der Waals surface area contributed by atoms with Gasteiger partial charge in [-0.15, -0.1) is 0 Å². The van der Waals surface area contributed by atoms with Crippen molar-refractivity contribution in [2.24, 2.45) is 0 Å². The second-order valence-electron chi connectivity index (χ2n) is 5.91. The van der Waals surface area contributed by atoms with Crippen molar-refractivity contribution in [2.45, 2.75) is 6.92 Å². The molecule has 27 heavy (non-hydrogen) atoms. The van der Waals surface area contributed by atoms with E-state index in [4.69, 9.17) is 0 Å². The van der Waals surface area contributed by atoms with Crippen molar-refractivity contribution in [3.63, 3.8) is 0 Å². The number of hydrogen-bond donors (Lipinski definition) is 1. The molecule has 0 radical (unpaired) electrons. The number of aromatic nitrogens is 2. The number of ketones is 1. The van der Waals surface area contributed by atoms with Crippen LogP contribution in [0.3, 0.4) is 0 Å². The summed E-state index contributed by atoms with van der Waals surface area (Å²) in [6.45, 7) is 1.74. The van der Waals surface area contributed by atoms with E-state index in [2.05, 4.69) is 10.3 Å². The Morgan fingerprint density at radius 1 is 1.07 bits per heavy atom. The summed E-state index contributed by atoms with van der Waals surface area (Å²) in [5.41, 5.74) is 1.62. The molecule has 4 aromatic rings. The first kappa shape index (κ1) is 17.1. The van der Waals surface area contributed by atoms with E-state index in [-0.39, 0.29) is 11.5 Å². The molecular formula is C20H14FN3O2S. The van der Waals surface area contributed by atoms with E-state index in [0.29, 0.717) is 26.8 Å². The maximum absolute atomic E-state index is 13.8. The van der Waals surface area contributed by atoms with Crippen LogP contribution in [0.2, 0.25) is 0 Å². The maximum Gasteiger partial charge on any atom is 0.267 e. The van der Waals surface area contributed by atoms with Crippen molar-refractivity contribution in [3.05, 3.63) is 88.4 Å². The Morgan fingerprint density at radius 3 is 2.52 bits per heavy atom. The predicted octanol–water partition coefficient (Wildman–Crippen LogP) is 4.33. The zero-order valence-corrected chi connectivity index (χ0v) is 15.1. The Bertz CT molecular complexity index is 1160. The number of fused-ring (bicyclic) bond motifs is 1. The number of carbonyl (C=O) groups is 2. The fourth-order valence-electron chi connectivity index (χ4n) is 2.85. The number of imidazole rings is 1. The molecule has 2 aromatic carbocycles. The van der Waals surface area contributed by atoms with Crippen LogP contribution in [0.5, 0.6) is 0 Å². The highest BCUT2D eigenvalue weighted by Gasteiger charge is 2.22. The highest BCUT2D eigenvalue weighted by Crippen LogP contribution is 2.26. The maximum atomic E-state index is 13.8. The summed E-state index contributed by atoms with van der Waals surface area (Å²) in [4.78, 5) is 30.6. The third-order valence-corrected chi connectivity index (χ3v) is 5.34. The SMILES string of the molecule is Cc1c(C(=O)Nc2ccccc2F)sc2ncc(C(=O)c3ccccc3)n12. The van der Waals surface area contributed by atoms with Gasteiger partial charge in [-0.2, -0.15) is 0 Å². The molecule has 2 aromatic heterocycles. The van der Waals surface area contributed by atoms with Crippen LogP contribution in [0, 0.1) is 12.7 Å². The number of aryl methyl sites for hydroxylation is 1. The normalized spacial score (nSPS) is 10.9. The smallest absolute Gasteiger partial charge is 0.267 e. The van der Waals surface area contributed by atoms with Crippen LogP contribution in [-0.4, -0.2) is 21.1 Å². The highest BCUT2D eigenvalue weighted by molar-refractivity contribution is 7.19. The number of rotatable bonds is 4. The molecule has 0 fully saturated rings. The molecule has 0 aliphatic rings. The van der Waals surface area contributed by atoms with Gasteiger partial charge in [0.25, 0.3) is 5.91 Å². The standard InChI is InChI=1S/C20H14FN3O2S/c1-12-18(19(26)23-15-10-6-5-9-14(15)21)27-20-22-11-16(24(12)20)17(25)13-7-3-2-4-8-13/h2-11H,1H3,(H,23,26). The lowest BCUT2D eigenvalue weighted by Crippen LogP contribution is -2.13. The number of benzene rings is 2. The van der Waals surface area contributed by atoms with Crippen LogP contribution < -0.4 is 5.32 Å². The van der Waals surface area contributed by atoms with E-state index in [1.165, 1.54) is 18.3 Å². The fourth-order valence-corrected chi connectivity index (χ4v) is 3.84. The molecule has 0 spiro atoms. The van der Waals surface area contributed by atoms with Gasteiger partial charge in [0.15, 0.2) is 4.96 Å². The van der Waals surface area contributed by atoms with E-state index >= 15 is 0 Å². The minimum Gasteiger partial charge on any atom is -0.319 e. The van der Waals surface area contributed by atoms with Gasteiger partial charge in [0.1, 0.15) is 16.4 Å². The van der Waals surface area contributed by atoms with E-state index in [0.717, 1.165) is 11.3 Å². The molecule has 5 nitrogen and oxygen atoms in total. The molecule has 1 amide bonds. The molecule has 0 aliphatic carbocycles. The number of halogens is 1. The van der Waals surface area contributed by atoms with Gasteiger partial charge in [-0.25, -0.2) is 9.37 Å². The van der Waals surface area contributed by atoms with Crippen LogP contribution in [-0.2, 0) is 0 Å². The molecule has 0 saturated carbocycles. The predicted molar refractivity (Wildman–Crippen MR) is 102 cm³/mol. The summed E-state index contributed by atoms with van der Waals surface area (Å²) in [6, 6.07) is 14.8. The third-order valence-electron chi connectivity index (χ3n) is 4.18. The number of thiazole rings is 1. The van der Waals surface area contributed by atoms with E-state index < -0.39 is 11.7 Å². The van der Waals surface area contributed by atoms with Gasteiger partial charge in [-0.3, -0.25) is 14.0 Å². The van der Waals surface area contributed by atoms with Crippen LogP contribution >= 0.6 is 11.3 Å². The molecule has 0 unspecified atom stereocenters. The molecule has 7 heteroatoms. The van der Waals surface area contributed by atoms with Crippen LogP contribution in [0.15, 0.2) is 60.8 Å². The molecule has 4 rings (SSSR count). The zero-order valence-electron chi connectivity index (χ0n) is 14.3. The number of hydrogen-bond acceptors (Lipinski definition) is 4. The van der Waals surface area contributed by atoms with Gasteiger partial charge >= 0.3 is 0 Å². The Kier molecular flexibility index (Phi) is 4.29. The zero-order chi connectivity index (χ0) is 19.0. The minimum absolute atomic E-state index is 0.105. The Hall–Kier alpha value is -3.32. The van der Waals surface area contributed by atoms with Crippen molar-refractivity contribution in [1.29, 1.82) is 0 Å². The number of amides is 1. The van der Waals surface area contributed by atoms with Crippen LogP contribution in [0.1, 0.15) is 31.4 Å². The summed E-state index contributed by atoms with van der Waals surface area (Å²) in [5.74, 6) is -1.12. The van der Waals surface area contributed by atoms with Gasteiger partial charge < -0.3 is 5.32 Å². The van der Waals surface area contributed by atoms with Gasteiger partial charge in [-0.1, -0.05) is 53.8 Å². The number of carbonyl (C=O) groups excluding carboxylic acids is 2. The first-order valence-electron chi connectivity index (χ1n) is 8.18. The van der Waals surface area contributed by atoms with Gasteiger partial charge in [0.05, 0.1) is 11.9 Å². The quantitative estimate of drug-likeness (QED) is 0.537. The monoisotopic (exact) mass is 379 g/mol. The number of para-hydroxylation sites is 1. The molecule has 0 atom stereocenters. The first-order chi connectivity index (χ1) is 13.1. The van der Waals surface area contributed by atoms with Crippen molar-refractivity contribution < 1.29 is 14.0 Å². The molecule has 2 heterocycles. The molecule has 0 saturated heterocycles. The van der Waals surface area contributed by atoms with E-state index in [1.807, 2.05) is 6.07 Å². The lowest BCUT2D eigenvalue weighted by atomic mass is 10.1. The lowest BCUT2D eigenvalue weighted by molar-refractivity contribution is 0.102. The van der Waals surface area contributed by atoms with Gasteiger partial charge in [-0.05, 0) is 19.1 Å². The largest absolute Gasteiger partial charge is 0.319 e. The van der Waals surface area contributed by atoms with Gasteiger partial charge in [0.2, 0.25) is 5.78 Å². The van der Waals surface area contributed by atoms with Crippen LogP contribution in [0.4, 0.5) is 10.1 Å². The second kappa shape index (κ2) is 6.77. The Balaban J connectivity index is 1.71. The fraction of sp³-hybridized carbons (Fsp3) is 0.0500. The summed E-state index contributed by atoms with van der Waals surface area (Å²) < 4.78 is 15.5. The third kappa shape index (κ3) is 3.02. The average molecular weight is 379 g/mol. The van der Waals surface area contributed by atoms with E-state index in [9.17, 15) is 14.0 Å². The lowest BCUT2D eigenvalue weighted by Gasteiger charge is -2.06. The number of nitrogens with one attached hydrogen (secondary N) is 1. The van der Waals surface area contributed by atoms with Gasteiger partial charge in [0, 0.05) is 11.3 Å². The molecule has 1 N–H and O–H groups in total. The summed E-state index contributed by atoms with van der Waals surface area (Å²) in [5, 5.41) is 2.57. The summed E-state index contributed by atoms with van der Waals surface area (Å²) in [6.07, 6.45) is 1.51. The second-order valence-corrected chi connectivity index (χ2v) is 6.88. The van der Waals surface area contributed by atoms with Crippen molar-refractivity contribution in [3.8, 4) is 0 Å². The number of nitrogens with zero attached hydrogens (tertiary/aromatic N) is 2. The first-order valence-corrected chi connectivity index (χ1v) is 9.00. The molecule has 134 valence electrons.